The van der Waals surface area contributed by atoms with Crippen molar-refractivity contribution in [2.24, 2.45) is 5.92 Å². The van der Waals surface area contributed by atoms with Gasteiger partial charge < -0.3 is 29.4 Å². The number of hydrogen-bond acceptors (Lipinski definition) is 8. The maximum absolute atomic E-state index is 13.6. The van der Waals surface area contributed by atoms with Gasteiger partial charge in [-0.1, -0.05) is 43.8 Å². The molecule has 3 heterocycles. The summed E-state index contributed by atoms with van der Waals surface area (Å²) >= 11 is 0. The number of β-amino-alcohol motifs (C(OH)–C–C–N with tert-alkyl or cyclic N) is 1. The number of aliphatic hydroxyl groups is 1. The Hall–Kier alpha value is -2.96. The van der Waals surface area contributed by atoms with E-state index in [1.807, 2.05) is 44.2 Å². The lowest BCUT2D eigenvalue weighted by atomic mass is 9.95. The van der Waals surface area contributed by atoms with Gasteiger partial charge in [-0.25, -0.2) is 13.2 Å². The molecule has 40 heavy (non-hydrogen) atoms. The number of aliphatic hydroxyl groups excluding tert-OH is 1. The molecule has 0 aliphatic carbocycles. The minimum absolute atomic E-state index is 0.0465. The summed E-state index contributed by atoms with van der Waals surface area (Å²) in [7, 11) is -3.91. The van der Waals surface area contributed by atoms with Crippen molar-refractivity contribution in [3.05, 3.63) is 66.2 Å². The third kappa shape index (κ3) is 5.75. The van der Waals surface area contributed by atoms with Gasteiger partial charge in [0.25, 0.3) is 0 Å². The van der Waals surface area contributed by atoms with Gasteiger partial charge >= 0.3 is 6.09 Å². The van der Waals surface area contributed by atoms with Gasteiger partial charge in [-0.3, -0.25) is 0 Å². The average Bonchev–Trinajstić information content (AvgIpc) is 3.56. The monoisotopic (exact) mass is 572 g/mol. The zero-order chi connectivity index (χ0) is 28.4. The summed E-state index contributed by atoms with van der Waals surface area (Å²) in [5, 5.41) is 14.2. The van der Waals surface area contributed by atoms with E-state index in [1.165, 1.54) is 4.31 Å². The fourth-order valence-corrected chi connectivity index (χ4v) is 7.47. The molecule has 2 N–H and O–H groups in total. The number of sulfonamides is 1. The molecular weight excluding hydrogens is 536 g/mol. The molecule has 2 fully saturated rings. The van der Waals surface area contributed by atoms with Gasteiger partial charge in [0.1, 0.15) is 11.9 Å². The summed E-state index contributed by atoms with van der Waals surface area (Å²) in [4.78, 5) is 13.2. The fraction of sp³-hybridized carbons (Fsp3) is 0.483. The van der Waals surface area contributed by atoms with Crippen LogP contribution in [-0.4, -0.2) is 81.4 Å². The van der Waals surface area contributed by atoms with Crippen molar-refractivity contribution >= 4 is 21.7 Å². The van der Waals surface area contributed by atoms with E-state index in [0.717, 1.165) is 6.42 Å². The van der Waals surface area contributed by atoms with E-state index in [4.69, 9.17) is 18.9 Å². The Bertz CT molecular complexity index is 1330. The van der Waals surface area contributed by atoms with Gasteiger partial charge in [-0.05, 0) is 54.2 Å². The molecule has 2 aromatic rings. The zero-order valence-electron chi connectivity index (χ0n) is 22.7. The molecule has 11 heteroatoms. The van der Waals surface area contributed by atoms with E-state index < -0.39 is 34.4 Å². The number of benzene rings is 2. The van der Waals surface area contributed by atoms with Crippen LogP contribution in [0.4, 0.5) is 4.79 Å². The molecule has 3 aliphatic heterocycles. The number of hydrogen-bond donors (Lipinski definition) is 2. The molecule has 1 amide bonds. The number of ether oxygens (including phenoxy) is 4. The topological polar surface area (TPSA) is 124 Å². The highest BCUT2D eigenvalue weighted by atomic mass is 32.2. The number of nitrogens with one attached hydrogen (secondary N) is 1. The second kappa shape index (κ2) is 11.9. The second-order valence-corrected chi connectivity index (χ2v) is 12.3. The predicted molar refractivity (Wildman–Crippen MR) is 147 cm³/mol. The van der Waals surface area contributed by atoms with Gasteiger partial charge in [-0.15, -0.1) is 0 Å². The van der Waals surface area contributed by atoms with E-state index in [9.17, 15) is 18.3 Å². The molecule has 6 atom stereocenters. The van der Waals surface area contributed by atoms with Crippen molar-refractivity contribution in [3.63, 3.8) is 0 Å². The first kappa shape index (κ1) is 28.6. The summed E-state index contributed by atoms with van der Waals surface area (Å²) in [6, 6.07) is 13.0. The Morgan fingerprint density at radius 1 is 1.23 bits per heavy atom. The molecule has 0 radical (unpaired) electrons. The quantitative estimate of drug-likeness (QED) is 0.470. The fourth-order valence-electron chi connectivity index (χ4n) is 5.62. The minimum Gasteiger partial charge on any atom is -0.494 e. The number of fused-ring (bicyclic) bond motifs is 2. The van der Waals surface area contributed by atoms with Crippen LogP contribution < -0.4 is 10.1 Å². The highest BCUT2D eigenvalue weighted by Gasteiger charge is 2.44. The van der Waals surface area contributed by atoms with Crippen LogP contribution in [0.2, 0.25) is 0 Å². The van der Waals surface area contributed by atoms with Gasteiger partial charge in [0, 0.05) is 13.1 Å². The number of carbonyl (C=O) groups is 1. The first-order valence-corrected chi connectivity index (χ1v) is 15.0. The molecule has 216 valence electrons. The molecule has 5 rings (SSSR count). The predicted octanol–water partition coefficient (Wildman–Crippen LogP) is 3.12. The SMILES string of the molecule is C=C(c1ccccc1)[C@H](NC(=O)O[C@H]1CO[C@H]2OCC[C@H]21)[C@H](O)CN1CC(C)c2cc(OCC)ccc2S1(=O)=O. The Morgan fingerprint density at radius 3 is 2.75 bits per heavy atom. The molecule has 1 unspecified atom stereocenters. The molecule has 2 aromatic carbocycles. The maximum atomic E-state index is 13.6. The Kier molecular flexibility index (Phi) is 8.48. The van der Waals surface area contributed by atoms with E-state index in [-0.39, 0.29) is 42.7 Å². The normalized spacial score (nSPS) is 26.8. The van der Waals surface area contributed by atoms with Gasteiger partial charge in [0.05, 0.1) is 42.8 Å². The van der Waals surface area contributed by atoms with Crippen molar-refractivity contribution in [1.29, 1.82) is 0 Å². The van der Waals surface area contributed by atoms with Crippen molar-refractivity contribution in [2.75, 3.05) is 32.9 Å². The molecule has 0 aromatic heterocycles. The summed E-state index contributed by atoms with van der Waals surface area (Å²) < 4.78 is 50.7. The van der Waals surface area contributed by atoms with E-state index in [0.29, 0.717) is 35.7 Å². The first-order valence-electron chi connectivity index (χ1n) is 13.6. The largest absolute Gasteiger partial charge is 0.494 e. The number of amides is 1. The van der Waals surface area contributed by atoms with Crippen LogP contribution in [0.5, 0.6) is 5.75 Å². The molecule has 3 aliphatic rings. The second-order valence-electron chi connectivity index (χ2n) is 10.4. The van der Waals surface area contributed by atoms with E-state index in [2.05, 4.69) is 11.9 Å². The maximum Gasteiger partial charge on any atom is 0.408 e. The van der Waals surface area contributed by atoms with Crippen LogP contribution in [-0.2, 0) is 24.2 Å². The third-order valence-corrected chi connectivity index (χ3v) is 9.64. The Labute approximate surface area is 234 Å². The molecule has 10 nitrogen and oxygen atoms in total. The molecule has 0 spiro atoms. The molecule has 2 saturated heterocycles. The molecule has 0 bridgehead atoms. The standard InChI is InChI=1S/C29H36N2O8S/c1-4-36-21-10-11-26-23(14-21)18(2)15-31(40(26,34)35)16-24(32)27(19(3)20-8-6-5-7-9-20)30-29(33)39-25-17-38-28-22(25)12-13-37-28/h5-11,14,18,22,24-25,27-28,32H,3-4,12-13,15-17H2,1-2H3,(H,30,33)/t18?,22-,24+,25-,27-,28+/m0/s1. The van der Waals surface area contributed by atoms with Crippen molar-refractivity contribution in [1.82, 2.24) is 9.62 Å². The first-order chi connectivity index (χ1) is 19.2. The van der Waals surface area contributed by atoms with E-state index in [1.54, 1.807) is 18.2 Å². The number of carbonyl (C=O) groups excluding carboxylic acids is 1. The lowest BCUT2D eigenvalue weighted by Gasteiger charge is -2.35. The highest BCUT2D eigenvalue weighted by Crippen LogP contribution is 2.36. The third-order valence-electron chi connectivity index (χ3n) is 7.73. The van der Waals surface area contributed by atoms with Gasteiger partial charge in [0.2, 0.25) is 10.0 Å². The highest BCUT2D eigenvalue weighted by molar-refractivity contribution is 7.89. The summed E-state index contributed by atoms with van der Waals surface area (Å²) in [6.45, 7) is 9.10. The van der Waals surface area contributed by atoms with Crippen molar-refractivity contribution in [2.45, 2.75) is 55.6 Å². The lowest BCUT2D eigenvalue weighted by Crippen LogP contribution is -2.52. The summed E-state index contributed by atoms with van der Waals surface area (Å²) in [5.74, 6) is 0.431. The lowest BCUT2D eigenvalue weighted by molar-refractivity contribution is -0.0907. The van der Waals surface area contributed by atoms with Crippen LogP contribution in [0.25, 0.3) is 5.57 Å². The van der Waals surface area contributed by atoms with Gasteiger partial charge in [0.15, 0.2) is 6.29 Å². The van der Waals surface area contributed by atoms with Crippen LogP contribution in [0.3, 0.4) is 0 Å². The van der Waals surface area contributed by atoms with Crippen LogP contribution in [0, 0.1) is 5.92 Å². The minimum atomic E-state index is -3.91. The number of rotatable bonds is 9. The number of alkyl carbamates (subject to hydrolysis) is 1. The Morgan fingerprint density at radius 2 is 2.00 bits per heavy atom. The van der Waals surface area contributed by atoms with Crippen LogP contribution in [0.15, 0.2) is 60.0 Å². The van der Waals surface area contributed by atoms with Crippen molar-refractivity contribution < 1.29 is 37.3 Å². The van der Waals surface area contributed by atoms with E-state index >= 15 is 0 Å². The van der Waals surface area contributed by atoms with Crippen LogP contribution >= 0.6 is 0 Å². The molecule has 0 saturated carbocycles. The van der Waals surface area contributed by atoms with Gasteiger partial charge in [-0.2, -0.15) is 4.31 Å². The van der Waals surface area contributed by atoms with Crippen molar-refractivity contribution in [3.8, 4) is 5.75 Å². The smallest absolute Gasteiger partial charge is 0.408 e. The average molecular weight is 573 g/mol. The zero-order valence-corrected chi connectivity index (χ0v) is 23.5. The summed E-state index contributed by atoms with van der Waals surface area (Å²) in [5.41, 5.74) is 1.81. The Balaban J connectivity index is 1.35. The number of nitrogens with zero attached hydrogens (tertiary/aromatic N) is 1. The van der Waals surface area contributed by atoms with Crippen LogP contribution in [0.1, 0.15) is 37.3 Å². The summed E-state index contributed by atoms with van der Waals surface area (Å²) in [6.07, 6.45) is -2.18. The molecular formula is C29H36N2O8S.